The zero-order chi connectivity index (χ0) is 13.4. The topological polar surface area (TPSA) is 50.8 Å². The van der Waals surface area contributed by atoms with Crippen LogP contribution in [0.2, 0.25) is 0 Å². The summed E-state index contributed by atoms with van der Waals surface area (Å²) in [6.07, 6.45) is 2.28. The molecular weight excluding hydrogens is 232 g/mol. The third kappa shape index (κ3) is 4.92. The summed E-state index contributed by atoms with van der Waals surface area (Å²) in [5.74, 6) is 0.578. The van der Waals surface area contributed by atoms with E-state index in [4.69, 9.17) is 9.47 Å². The number of ether oxygens (including phenoxy) is 2. The number of hydrogen-bond donors (Lipinski definition) is 1. The first-order chi connectivity index (χ1) is 8.69. The average Bonchev–Trinajstić information content (AvgIpc) is 2.42. The van der Waals surface area contributed by atoms with Gasteiger partial charge in [-0.05, 0) is 45.3 Å². The minimum atomic E-state index is -0.133. The van der Waals surface area contributed by atoms with Crippen molar-refractivity contribution in [2.75, 3.05) is 47.0 Å². The SMILES string of the molecule is COCCNCC1CCN(C(C)C(=O)OC)CC1. The largest absolute Gasteiger partial charge is 0.468 e. The Morgan fingerprint density at radius 3 is 2.61 bits per heavy atom. The summed E-state index contributed by atoms with van der Waals surface area (Å²) in [5.41, 5.74) is 0. The van der Waals surface area contributed by atoms with Gasteiger partial charge >= 0.3 is 5.97 Å². The summed E-state index contributed by atoms with van der Waals surface area (Å²) in [5, 5.41) is 3.40. The Hall–Kier alpha value is -0.650. The lowest BCUT2D eigenvalue weighted by atomic mass is 9.96. The molecule has 0 aromatic heterocycles. The molecule has 5 heteroatoms. The summed E-state index contributed by atoms with van der Waals surface area (Å²) >= 11 is 0. The number of likely N-dealkylation sites (tertiary alicyclic amines) is 1. The number of methoxy groups -OCH3 is 2. The van der Waals surface area contributed by atoms with E-state index < -0.39 is 0 Å². The Kier molecular flexibility index (Phi) is 7.23. The normalized spacial score (nSPS) is 19.7. The van der Waals surface area contributed by atoms with Gasteiger partial charge in [0.2, 0.25) is 0 Å². The molecule has 0 amide bonds. The van der Waals surface area contributed by atoms with Gasteiger partial charge in [-0.3, -0.25) is 9.69 Å². The molecule has 1 N–H and O–H groups in total. The third-order valence-electron chi connectivity index (χ3n) is 3.66. The fourth-order valence-corrected chi connectivity index (χ4v) is 2.34. The number of esters is 1. The Bertz CT molecular complexity index is 240. The highest BCUT2D eigenvalue weighted by atomic mass is 16.5. The van der Waals surface area contributed by atoms with Crippen molar-refractivity contribution in [3.05, 3.63) is 0 Å². The zero-order valence-corrected chi connectivity index (χ0v) is 11.8. The zero-order valence-electron chi connectivity index (χ0n) is 11.8. The molecule has 1 saturated heterocycles. The Labute approximate surface area is 110 Å². The van der Waals surface area contributed by atoms with E-state index in [2.05, 4.69) is 10.2 Å². The molecule has 0 radical (unpaired) electrons. The molecule has 0 saturated carbocycles. The maximum atomic E-state index is 11.4. The van der Waals surface area contributed by atoms with Gasteiger partial charge in [-0.25, -0.2) is 0 Å². The molecule has 1 heterocycles. The van der Waals surface area contributed by atoms with Crippen molar-refractivity contribution < 1.29 is 14.3 Å². The van der Waals surface area contributed by atoms with Crippen LogP contribution in [-0.2, 0) is 14.3 Å². The quantitative estimate of drug-likeness (QED) is 0.532. The highest BCUT2D eigenvalue weighted by molar-refractivity contribution is 5.75. The molecular formula is C13H26N2O3. The van der Waals surface area contributed by atoms with Crippen molar-refractivity contribution in [1.82, 2.24) is 10.2 Å². The predicted molar refractivity (Wildman–Crippen MR) is 70.5 cm³/mol. The fourth-order valence-electron chi connectivity index (χ4n) is 2.34. The second-order valence-corrected chi connectivity index (χ2v) is 4.88. The molecule has 1 rings (SSSR count). The fraction of sp³-hybridized carbons (Fsp3) is 0.923. The smallest absolute Gasteiger partial charge is 0.322 e. The lowest BCUT2D eigenvalue weighted by Crippen LogP contribution is -2.45. The van der Waals surface area contributed by atoms with Gasteiger partial charge in [0.05, 0.1) is 13.7 Å². The second-order valence-electron chi connectivity index (χ2n) is 4.88. The molecule has 1 unspecified atom stereocenters. The minimum absolute atomic E-state index is 0.114. The molecule has 0 aromatic rings. The molecule has 0 aromatic carbocycles. The summed E-state index contributed by atoms with van der Waals surface area (Å²) in [6.45, 7) is 6.60. The van der Waals surface area contributed by atoms with Crippen molar-refractivity contribution in [2.24, 2.45) is 5.92 Å². The Morgan fingerprint density at radius 2 is 2.06 bits per heavy atom. The van der Waals surface area contributed by atoms with Crippen LogP contribution >= 0.6 is 0 Å². The maximum Gasteiger partial charge on any atom is 0.322 e. The van der Waals surface area contributed by atoms with Crippen molar-refractivity contribution in [1.29, 1.82) is 0 Å². The van der Waals surface area contributed by atoms with Crippen LogP contribution in [0, 0.1) is 5.92 Å². The van der Waals surface area contributed by atoms with Gasteiger partial charge in [0, 0.05) is 13.7 Å². The van der Waals surface area contributed by atoms with Crippen LogP contribution in [0.1, 0.15) is 19.8 Å². The predicted octanol–water partition coefficient (Wildman–Crippen LogP) is 0.496. The Balaban J connectivity index is 2.18. The van der Waals surface area contributed by atoms with Crippen LogP contribution in [-0.4, -0.2) is 63.9 Å². The summed E-state index contributed by atoms with van der Waals surface area (Å²) < 4.78 is 9.77. The van der Waals surface area contributed by atoms with E-state index in [1.807, 2.05) is 6.92 Å². The summed E-state index contributed by atoms with van der Waals surface area (Å²) in [6, 6.07) is -0.114. The number of piperidine rings is 1. The van der Waals surface area contributed by atoms with Crippen molar-refractivity contribution in [3.63, 3.8) is 0 Å². The first-order valence-electron chi connectivity index (χ1n) is 6.70. The summed E-state index contributed by atoms with van der Waals surface area (Å²) in [7, 11) is 3.17. The molecule has 5 nitrogen and oxygen atoms in total. The van der Waals surface area contributed by atoms with Crippen LogP contribution in [0.15, 0.2) is 0 Å². The first-order valence-corrected chi connectivity index (χ1v) is 6.70. The molecule has 18 heavy (non-hydrogen) atoms. The number of hydrogen-bond acceptors (Lipinski definition) is 5. The average molecular weight is 258 g/mol. The maximum absolute atomic E-state index is 11.4. The van der Waals surface area contributed by atoms with E-state index in [0.717, 1.165) is 45.6 Å². The Morgan fingerprint density at radius 1 is 1.39 bits per heavy atom. The second kappa shape index (κ2) is 8.45. The molecule has 1 fully saturated rings. The molecule has 1 atom stereocenters. The van der Waals surface area contributed by atoms with E-state index in [0.29, 0.717) is 5.92 Å². The van der Waals surface area contributed by atoms with E-state index in [1.54, 1.807) is 7.11 Å². The van der Waals surface area contributed by atoms with Gasteiger partial charge in [-0.15, -0.1) is 0 Å². The van der Waals surface area contributed by atoms with E-state index >= 15 is 0 Å². The van der Waals surface area contributed by atoms with Crippen LogP contribution in [0.5, 0.6) is 0 Å². The highest BCUT2D eigenvalue weighted by Gasteiger charge is 2.26. The minimum Gasteiger partial charge on any atom is -0.468 e. The van der Waals surface area contributed by atoms with E-state index in [9.17, 15) is 4.79 Å². The molecule has 0 spiro atoms. The van der Waals surface area contributed by atoms with Gasteiger partial charge in [0.25, 0.3) is 0 Å². The van der Waals surface area contributed by atoms with Gasteiger partial charge in [-0.1, -0.05) is 0 Å². The molecule has 0 bridgehead atoms. The standard InChI is InChI=1S/C13H26N2O3/c1-11(13(16)18-3)15-7-4-12(5-8-15)10-14-6-9-17-2/h11-12,14H,4-10H2,1-3H3. The first kappa shape index (κ1) is 15.4. The van der Waals surface area contributed by atoms with Crippen molar-refractivity contribution in [3.8, 4) is 0 Å². The van der Waals surface area contributed by atoms with Gasteiger partial charge < -0.3 is 14.8 Å². The van der Waals surface area contributed by atoms with Crippen LogP contribution in [0.4, 0.5) is 0 Å². The van der Waals surface area contributed by atoms with Gasteiger partial charge in [0.15, 0.2) is 0 Å². The number of nitrogens with zero attached hydrogens (tertiary/aromatic N) is 1. The van der Waals surface area contributed by atoms with Crippen LogP contribution in [0.25, 0.3) is 0 Å². The lowest BCUT2D eigenvalue weighted by Gasteiger charge is -2.34. The number of carbonyl (C=O) groups excluding carboxylic acids is 1. The van der Waals surface area contributed by atoms with Crippen LogP contribution < -0.4 is 5.32 Å². The molecule has 1 aliphatic rings. The van der Waals surface area contributed by atoms with Gasteiger partial charge in [0.1, 0.15) is 6.04 Å². The molecule has 106 valence electrons. The third-order valence-corrected chi connectivity index (χ3v) is 3.66. The molecule has 1 aliphatic heterocycles. The summed E-state index contributed by atoms with van der Waals surface area (Å²) in [4.78, 5) is 13.7. The number of rotatable bonds is 7. The van der Waals surface area contributed by atoms with E-state index in [-0.39, 0.29) is 12.0 Å². The highest BCUT2D eigenvalue weighted by Crippen LogP contribution is 2.18. The molecule has 0 aliphatic carbocycles. The van der Waals surface area contributed by atoms with Crippen molar-refractivity contribution >= 4 is 5.97 Å². The van der Waals surface area contributed by atoms with Crippen LogP contribution in [0.3, 0.4) is 0 Å². The lowest BCUT2D eigenvalue weighted by molar-refractivity contribution is -0.146. The number of nitrogens with one attached hydrogen (secondary N) is 1. The number of carbonyl (C=O) groups is 1. The van der Waals surface area contributed by atoms with E-state index in [1.165, 1.54) is 7.11 Å². The van der Waals surface area contributed by atoms with Gasteiger partial charge in [-0.2, -0.15) is 0 Å². The van der Waals surface area contributed by atoms with Crippen molar-refractivity contribution in [2.45, 2.75) is 25.8 Å². The monoisotopic (exact) mass is 258 g/mol.